The van der Waals surface area contributed by atoms with Crippen LogP contribution in [0.25, 0.3) is 0 Å². The zero-order valence-corrected chi connectivity index (χ0v) is 12.7. The highest BCUT2D eigenvalue weighted by molar-refractivity contribution is 5.69. The number of para-hydroxylation sites is 1. The van der Waals surface area contributed by atoms with Crippen LogP contribution in [0.2, 0.25) is 0 Å². The van der Waals surface area contributed by atoms with Crippen LogP contribution in [0.15, 0.2) is 42.5 Å². The minimum atomic E-state index is -0.417. The molecule has 2 nitrogen and oxygen atoms in total. The van der Waals surface area contributed by atoms with E-state index in [1.807, 2.05) is 25.1 Å². The van der Waals surface area contributed by atoms with Crippen LogP contribution in [-0.2, 0) is 0 Å². The predicted octanol–water partition coefficient (Wildman–Crippen LogP) is 4.51. The van der Waals surface area contributed by atoms with E-state index in [1.165, 1.54) is 16.8 Å². The Balaban J connectivity index is 2.45. The Labute approximate surface area is 121 Å². The molecule has 0 aliphatic heterocycles. The van der Waals surface area contributed by atoms with Crippen molar-refractivity contribution in [2.24, 2.45) is 0 Å². The molecule has 106 valence electrons. The number of rotatable bonds is 4. The Hall–Kier alpha value is -1.80. The van der Waals surface area contributed by atoms with E-state index in [2.05, 4.69) is 50.1 Å². The van der Waals surface area contributed by atoms with Crippen LogP contribution >= 0.6 is 0 Å². The van der Waals surface area contributed by atoms with Gasteiger partial charge in [-0.1, -0.05) is 42.8 Å². The number of aryl methyl sites for hydroxylation is 2. The molecule has 0 aromatic heterocycles. The lowest BCUT2D eigenvalue weighted by Gasteiger charge is -2.26. The SMILES string of the molecule is CC[C@H](O)c1ccccc1N(C)c1ccc(C)cc1C. The third-order valence-corrected chi connectivity index (χ3v) is 3.76. The number of aliphatic hydroxyl groups excluding tert-OH is 1. The van der Waals surface area contributed by atoms with Crippen LogP contribution in [0.1, 0.15) is 36.1 Å². The maximum Gasteiger partial charge on any atom is 0.0807 e. The molecule has 0 amide bonds. The summed E-state index contributed by atoms with van der Waals surface area (Å²) in [6, 6.07) is 14.5. The van der Waals surface area contributed by atoms with Crippen molar-refractivity contribution in [1.29, 1.82) is 0 Å². The highest BCUT2D eigenvalue weighted by Gasteiger charge is 2.15. The van der Waals surface area contributed by atoms with Gasteiger partial charge in [0.05, 0.1) is 6.10 Å². The number of aliphatic hydroxyl groups is 1. The summed E-state index contributed by atoms with van der Waals surface area (Å²) in [5.74, 6) is 0. The summed E-state index contributed by atoms with van der Waals surface area (Å²) in [5.41, 5.74) is 5.73. The standard InChI is InChI=1S/C18H23NO/c1-5-18(20)15-8-6-7-9-17(15)19(4)16-11-10-13(2)12-14(16)3/h6-12,18,20H,5H2,1-4H3/t18-/m0/s1. The summed E-state index contributed by atoms with van der Waals surface area (Å²) in [5, 5.41) is 10.2. The van der Waals surface area contributed by atoms with E-state index in [0.29, 0.717) is 0 Å². The van der Waals surface area contributed by atoms with Crippen molar-refractivity contribution < 1.29 is 5.11 Å². The zero-order chi connectivity index (χ0) is 14.7. The van der Waals surface area contributed by atoms with Crippen LogP contribution in [-0.4, -0.2) is 12.2 Å². The van der Waals surface area contributed by atoms with Crippen molar-refractivity contribution in [3.05, 3.63) is 59.2 Å². The fourth-order valence-electron chi connectivity index (χ4n) is 2.61. The maximum atomic E-state index is 10.2. The Kier molecular flexibility index (Phi) is 4.46. The van der Waals surface area contributed by atoms with Gasteiger partial charge in [0, 0.05) is 24.0 Å². The Morgan fingerprint density at radius 2 is 1.75 bits per heavy atom. The van der Waals surface area contributed by atoms with Gasteiger partial charge in [-0.05, 0) is 38.0 Å². The van der Waals surface area contributed by atoms with E-state index in [1.54, 1.807) is 0 Å². The number of benzene rings is 2. The quantitative estimate of drug-likeness (QED) is 0.882. The first-order valence-electron chi connectivity index (χ1n) is 7.12. The molecule has 0 saturated heterocycles. The number of hydrogen-bond acceptors (Lipinski definition) is 2. The largest absolute Gasteiger partial charge is 0.388 e. The fraction of sp³-hybridized carbons (Fsp3) is 0.333. The molecule has 0 heterocycles. The predicted molar refractivity (Wildman–Crippen MR) is 85.7 cm³/mol. The van der Waals surface area contributed by atoms with Crippen molar-refractivity contribution in [2.75, 3.05) is 11.9 Å². The van der Waals surface area contributed by atoms with Crippen molar-refractivity contribution >= 4 is 11.4 Å². The smallest absolute Gasteiger partial charge is 0.0807 e. The molecule has 0 spiro atoms. The Bertz CT molecular complexity index is 592. The molecular weight excluding hydrogens is 246 g/mol. The van der Waals surface area contributed by atoms with E-state index < -0.39 is 6.10 Å². The Morgan fingerprint density at radius 3 is 2.40 bits per heavy atom. The molecule has 2 aromatic rings. The molecule has 0 bridgehead atoms. The van der Waals surface area contributed by atoms with Crippen LogP contribution in [0.5, 0.6) is 0 Å². The summed E-state index contributed by atoms with van der Waals surface area (Å²) < 4.78 is 0. The fourth-order valence-corrected chi connectivity index (χ4v) is 2.61. The van der Waals surface area contributed by atoms with E-state index in [4.69, 9.17) is 0 Å². The first kappa shape index (κ1) is 14.6. The highest BCUT2D eigenvalue weighted by Crippen LogP contribution is 2.33. The topological polar surface area (TPSA) is 23.5 Å². The van der Waals surface area contributed by atoms with Gasteiger partial charge in [-0.2, -0.15) is 0 Å². The molecule has 0 radical (unpaired) electrons. The average molecular weight is 269 g/mol. The molecule has 0 saturated carbocycles. The monoisotopic (exact) mass is 269 g/mol. The van der Waals surface area contributed by atoms with Gasteiger partial charge >= 0.3 is 0 Å². The average Bonchev–Trinajstić information content (AvgIpc) is 2.46. The molecule has 2 aromatic carbocycles. The van der Waals surface area contributed by atoms with Gasteiger partial charge in [-0.3, -0.25) is 0 Å². The third-order valence-electron chi connectivity index (χ3n) is 3.76. The summed E-state index contributed by atoms with van der Waals surface area (Å²) in [6.07, 6.45) is 0.303. The molecule has 20 heavy (non-hydrogen) atoms. The second-order valence-electron chi connectivity index (χ2n) is 5.33. The molecule has 2 heteroatoms. The molecule has 1 N–H and O–H groups in total. The number of nitrogens with zero attached hydrogens (tertiary/aromatic N) is 1. The van der Waals surface area contributed by atoms with Gasteiger partial charge in [-0.15, -0.1) is 0 Å². The van der Waals surface area contributed by atoms with Gasteiger partial charge in [0.15, 0.2) is 0 Å². The zero-order valence-electron chi connectivity index (χ0n) is 12.7. The lowest BCUT2D eigenvalue weighted by atomic mass is 10.0. The van der Waals surface area contributed by atoms with Gasteiger partial charge in [0.25, 0.3) is 0 Å². The van der Waals surface area contributed by atoms with Crippen molar-refractivity contribution in [3.8, 4) is 0 Å². The lowest BCUT2D eigenvalue weighted by molar-refractivity contribution is 0.174. The molecule has 0 unspecified atom stereocenters. The van der Waals surface area contributed by atoms with Crippen LogP contribution in [0.3, 0.4) is 0 Å². The van der Waals surface area contributed by atoms with E-state index in [0.717, 1.165) is 17.7 Å². The van der Waals surface area contributed by atoms with Crippen LogP contribution < -0.4 is 4.90 Å². The summed E-state index contributed by atoms with van der Waals surface area (Å²) in [6.45, 7) is 6.22. The van der Waals surface area contributed by atoms with E-state index >= 15 is 0 Å². The van der Waals surface area contributed by atoms with Crippen LogP contribution in [0.4, 0.5) is 11.4 Å². The van der Waals surface area contributed by atoms with Gasteiger partial charge in [0.1, 0.15) is 0 Å². The summed E-state index contributed by atoms with van der Waals surface area (Å²) in [4.78, 5) is 2.16. The maximum absolute atomic E-state index is 10.2. The van der Waals surface area contributed by atoms with Crippen molar-refractivity contribution in [3.63, 3.8) is 0 Å². The lowest BCUT2D eigenvalue weighted by Crippen LogP contribution is -2.14. The highest BCUT2D eigenvalue weighted by atomic mass is 16.3. The molecule has 0 aliphatic carbocycles. The first-order chi connectivity index (χ1) is 9.54. The molecular formula is C18H23NO. The van der Waals surface area contributed by atoms with Crippen LogP contribution in [0, 0.1) is 13.8 Å². The minimum absolute atomic E-state index is 0.417. The first-order valence-corrected chi connectivity index (χ1v) is 7.12. The van der Waals surface area contributed by atoms with Gasteiger partial charge < -0.3 is 10.0 Å². The number of anilines is 2. The normalized spacial score (nSPS) is 12.2. The number of hydrogen-bond donors (Lipinski definition) is 1. The minimum Gasteiger partial charge on any atom is -0.388 e. The van der Waals surface area contributed by atoms with Gasteiger partial charge in [0.2, 0.25) is 0 Å². The second-order valence-corrected chi connectivity index (χ2v) is 5.33. The third kappa shape index (κ3) is 2.86. The van der Waals surface area contributed by atoms with Gasteiger partial charge in [-0.25, -0.2) is 0 Å². The van der Waals surface area contributed by atoms with E-state index in [-0.39, 0.29) is 0 Å². The Morgan fingerprint density at radius 1 is 1.05 bits per heavy atom. The molecule has 0 fully saturated rings. The second kappa shape index (κ2) is 6.10. The molecule has 2 rings (SSSR count). The van der Waals surface area contributed by atoms with Crippen molar-refractivity contribution in [1.82, 2.24) is 0 Å². The van der Waals surface area contributed by atoms with E-state index in [9.17, 15) is 5.11 Å². The van der Waals surface area contributed by atoms with Crippen molar-refractivity contribution in [2.45, 2.75) is 33.3 Å². The molecule has 0 aliphatic rings. The summed E-state index contributed by atoms with van der Waals surface area (Å²) in [7, 11) is 2.05. The summed E-state index contributed by atoms with van der Waals surface area (Å²) >= 11 is 0. The molecule has 1 atom stereocenters.